The maximum absolute atomic E-state index is 14.1. The number of carbonyl (C=O) groups excluding carboxylic acids is 1. The molecule has 5 rings (SSSR count). The van der Waals surface area contributed by atoms with Gasteiger partial charge in [0.25, 0.3) is 0 Å². The second-order valence-corrected chi connectivity index (χ2v) is 10.3. The molecule has 0 radical (unpaired) electrons. The van der Waals surface area contributed by atoms with Gasteiger partial charge in [0.2, 0.25) is 5.95 Å². The lowest BCUT2D eigenvalue weighted by molar-refractivity contribution is 0.0903. The van der Waals surface area contributed by atoms with Gasteiger partial charge >= 0.3 is 6.03 Å². The number of carbonyl (C=O) groups is 1. The number of hydrogen-bond acceptors (Lipinski definition) is 6. The molecule has 3 N–H and O–H groups in total. The Bertz CT molecular complexity index is 1060. The fourth-order valence-electron chi connectivity index (χ4n) is 5.26. The van der Waals surface area contributed by atoms with Crippen molar-refractivity contribution < 1.29 is 13.9 Å². The molecule has 1 aromatic heterocycles. The number of benzene rings is 1. The van der Waals surface area contributed by atoms with E-state index in [1.165, 1.54) is 6.07 Å². The van der Waals surface area contributed by atoms with Crippen LogP contribution in [0.1, 0.15) is 48.9 Å². The molecular weight excluding hydrogens is 483 g/mol. The number of ether oxygens (including phenoxy) is 1. The molecule has 2 amide bonds. The van der Waals surface area contributed by atoms with Gasteiger partial charge in [-0.1, -0.05) is 24.1 Å². The van der Waals surface area contributed by atoms with Crippen molar-refractivity contribution in [3.8, 4) is 0 Å². The normalized spacial score (nSPS) is 21.5. The van der Waals surface area contributed by atoms with Crippen LogP contribution in [0.2, 0.25) is 5.02 Å². The van der Waals surface area contributed by atoms with E-state index in [9.17, 15) is 9.18 Å². The highest BCUT2D eigenvalue weighted by molar-refractivity contribution is 6.30. The summed E-state index contributed by atoms with van der Waals surface area (Å²) in [5.74, 6) is 0.172. The lowest BCUT2D eigenvalue weighted by Gasteiger charge is -2.35. The molecule has 3 aliphatic heterocycles. The number of anilines is 1. The van der Waals surface area contributed by atoms with Crippen molar-refractivity contribution in [3.63, 3.8) is 0 Å². The van der Waals surface area contributed by atoms with Gasteiger partial charge in [-0.05, 0) is 68.3 Å². The Morgan fingerprint density at radius 2 is 2.14 bits per heavy atom. The molecule has 2 saturated heterocycles. The molecule has 4 heterocycles. The Morgan fingerprint density at radius 3 is 2.92 bits per heavy atom. The molecule has 0 bridgehead atoms. The number of piperidine rings is 1. The quantitative estimate of drug-likeness (QED) is 0.542. The molecule has 0 saturated carbocycles. The van der Waals surface area contributed by atoms with Crippen molar-refractivity contribution in [3.05, 3.63) is 52.1 Å². The van der Waals surface area contributed by atoms with Crippen molar-refractivity contribution >= 4 is 23.6 Å². The van der Waals surface area contributed by atoms with Gasteiger partial charge < -0.3 is 25.6 Å². The summed E-state index contributed by atoms with van der Waals surface area (Å²) in [6, 6.07) is 5.03. The summed E-state index contributed by atoms with van der Waals surface area (Å²) in [4.78, 5) is 24.4. The fourth-order valence-corrected chi connectivity index (χ4v) is 5.37. The molecule has 8 nitrogen and oxygen atoms in total. The minimum absolute atomic E-state index is 0.106. The van der Waals surface area contributed by atoms with E-state index in [1.807, 2.05) is 17.2 Å². The Kier molecular flexibility index (Phi) is 8.19. The molecule has 1 unspecified atom stereocenters. The Hall–Kier alpha value is -2.49. The molecule has 2 atom stereocenters. The Balaban J connectivity index is 1.25. The van der Waals surface area contributed by atoms with Crippen LogP contribution in [0.15, 0.2) is 24.4 Å². The third kappa shape index (κ3) is 6.25. The molecule has 2 aromatic rings. The van der Waals surface area contributed by atoms with Crippen molar-refractivity contribution in [1.29, 1.82) is 0 Å². The first-order chi connectivity index (χ1) is 17.5. The van der Waals surface area contributed by atoms with Crippen molar-refractivity contribution in [2.75, 3.05) is 31.6 Å². The van der Waals surface area contributed by atoms with Gasteiger partial charge in [-0.15, -0.1) is 0 Å². The first kappa shape index (κ1) is 25.2. The molecule has 0 aliphatic carbocycles. The van der Waals surface area contributed by atoms with Crippen LogP contribution in [0.5, 0.6) is 0 Å². The topological polar surface area (TPSA) is 91.4 Å². The van der Waals surface area contributed by atoms with E-state index in [4.69, 9.17) is 21.3 Å². The van der Waals surface area contributed by atoms with E-state index in [2.05, 4.69) is 20.9 Å². The van der Waals surface area contributed by atoms with Gasteiger partial charge in [-0.25, -0.2) is 19.2 Å². The standard InChI is InChI=1S/C26H34ClFN6O2/c27-20-5-4-17(13-21(20)28)14-23(22-3-1-2-9-29-22)33-26(35)34-10-6-18-15-30-25(32-24(18)16-34)31-19-7-11-36-12-8-19/h4-5,13,15,19,22-23,29H,1-3,6-12,14,16H2,(H,33,35)(H,30,31,32)/t22?,23-/m0/s1. The Morgan fingerprint density at radius 1 is 1.28 bits per heavy atom. The second-order valence-electron chi connectivity index (χ2n) is 9.93. The summed E-state index contributed by atoms with van der Waals surface area (Å²) < 4.78 is 19.5. The maximum atomic E-state index is 14.1. The number of hydrogen-bond donors (Lipinski definition) is 3. The number of amides is 2. The highest BCUT2D eigenvalue weighted by Crippen LogP contribution is 2.22. The van der Waals surface area contributed by atoms with E-state index in [0.717, 1.165) is 75.1 Å². The third-order valence-corrected chi connectivity index (χ3v) is 7.68. The number of fused-ring (bicyclic) bond motifs is 1. The maximum Gasteiger partial charge on any atom is 0.318 e. The fraction of sp³-hybridized carbons (Fsp3) is 0.577. The number of halogens is 2. The number of nitrogens with zero attached hydrogens (tertiary/aromatic N) is 3. The number of rotatable bonds is 6. The van der Waals surface area contributed by atoms with Crippen LogP contribution in [-0.4, -0.2) is 65.3 Å². The van der Waals surface area contributed by atoms with Crippen LogP contribution in [0.3, 0.4) is 0 Å². The molecule has 1 aromatic carbocycles. The number of urea groups is 1. The summed E-state index contributed by atoms with van der Waals surface area (Å²) in [7, 11) is 0. The first-order valence-electron chi connectivity index (χ1n) is 13.0. The molecule has 2 fully saturated rings. The summed E-state index contributed by atoms with van der Waals surface area (Å²) in [6.07, 6.45) is 8.20. The van der Waals surface area contributed by atoms with E-state index < -0.39 is 5.82 Å². The van der Waals surface area contributed by atoms with Crippen LogP contribution in [-0.2, 0) is 24.1 Å². The summed E-state index contributed by atoms with van der Waals surface area (Å²) >= 11 is 5.87. The zero-order valence-corrected chi connectivity index (χ0v) is 21.2. The lowest BCUT2D eigenvalue weighted by atomic mass is 9.93. The van der Waals surface area contributed by atoms with Crippen LogP contribution in [0.4, 0.5) is 15.1 Å². The molecule has 0 spiro atoms. The molecule has 36 heavy (non-hydrogen) atoms. The number of nitrogens with one attached hydrogen (secondary N) is 3. The van der Waals surface area contributed by atoms with Crippen LogP contribution < -0.4 is 16.0 Å². The predicted octanol–water partition coefficient (Wildman–Crippen LogP) is 3.68. The van der Waals surface area contributed by atoms with Gasteiger partial charge in [0, 0.05) is 44.1 Å². The second kappa shape index (κ2) is 11.7. The van der Waals surface area contributed by atoms with E-state index >= 15 is 0 Å². The van der Waals surface area contributed by atoms with E-state index in [1.54, 1.807) is 6.07 Å². The van der Waals surface area contributed by atoms with Gasteiger partial charge in [0.1, 0.15) is 5.82 Å². The Labute approximate surface area is 216 Å². The summed E-state index contributed by atoms with van der Waals surface area (Å²) in [6.45, 7) is 3.46. The molecule has 3 aliphatic rings. The lowest BCUT2D eigenvalue weighted by Crippen LogP contribution is -2.56. The predicted molar refractivity (Wildman–Crippen MR) is 137 cm³/mol. The SMILES string of the molecule is O=C(N[C@@H](Cc1ccc(Cl)c(F)c1)C1CCCCN1)N1CCc2cnc(NC3CCOCC3)nc2C1. The first-order valence-corrected chi connectivity index (χ1v) is 13.3. The molecule has 194 valence electrons. The summed E-state index contributed by atoms with van der Waals surface area (Å²) in [5, 5.41) is 10.3. The van der Waals surface area contributed by atoms with Crippen LogP contribution >= 0.6 is 11.6 Å². The zero-order chi connectivity index (χ0) is 24.9. The minimum Gasteiger partial charge on any atom is -0.381 e. The largest absolute Gasteiger partial charge is 0.381 e. The number of aromatic nitrogens is 2. The van der Waals surface area contributed by atoms with Gasteiger partial charge in [0.05, 0.1) is 17.3 Å². The smallest absolute Gasteiger partial charge is 0.318 e. The van der Waals surface area contributed by atoms with E-state index in [0.29, 0.717) is 31.5 Å². The van der Waals surface area contributed by atoms with Gasteiger partial charge in [-0.2, -0.15) is 0 Å². The molecular formula is C26H34ClFN6O2. The highest BCUT2D eigenvalue weighted by atomic mass is 35.5. The summed E-state index contributed by atoms with van der Waals surface area (Å²) in [5.41, 5.74) is 2.78. The third-order valence-electron chi connectivity index (χ3n) is 7.37. The van der Waals surface area contributed by atoms with Crippen molar-refractivity contribution in [2.24, 2.45) is 0 Å². The molecule has 10 heteroatoms. The van der Waals surface area contributed by atoms with Gasteiger partial charge in [0.15, 0.2) is 0 Å². The zero-order valence-electron chi connectivity index (χ0n) is 20.4. The van der Waals surface area contributed by atoms with E-state index in [-0.39, 0.29) is 23.1 Å². The highest BCUT2D eigenvalue weighted by Gasteiger charge is 2.29. The van der Waals surface area contributed by atoms with Crippen molar-refractivity contribution in [1.82, 2.24) is 25.5 Å². The average molecular weight is 517 g/mol. The minimum atomic E-state index is -0.437. The average Bonchev–Trinajstić information content (AvgIpc) is 2.91. The van der Waals surface area contributed by atoms with Crippen LogP contribution in [0.25, 0.3) is 0 Å². The monoisotopic (exact) mass is 516 g/mol. The van der Waals surface area contributed by atoms with Gasteiger partial charge in [-0.3, -0.25) is 0 Å². The van der Waals surface area contributed by atoms with Crippen molar-refractivity contribution in [2.45, 2.75) is 69.6 Å². The van der Waals surface area contributed by atoms with Crippen LogP contribution in [0, 0.1) is 5.82 Å².